The normalized spacial score (nSPS) is 26.6. The summed E-state index contributed by atoms with van der Waals surface area (Å²) < 4.78 is 18.3. The summed E-state index contributed by atoms with van der Waals surface area (Å²) in [6.45, 7) is 8.42. The van der Waals surface area contributed by atoms with Crippen molar-refractivity contribution in [2.75, 3.05) is 0 Å². The van der Waals surface area contributed by atoms with E-state index in [1.807, 2.05) is 30.3 Å². The lowest BCUT2D eigenvalue weighted by molar-refractivity contribution is -0.119. The molecule has 0 unspecified atom stereocenters. The number of ether oxygens (including phenoxy) is 1. The van der Waals surface area contributed by atoms with E-state index in [9.17, 15) is 9.00 Å². The maximum absolute atomic E-state index is 12.8. The second-order valence-electron chi connectivity index (χ2n) is 8.23. The SMILES string of the molecule is CC(C)(C)O[C@H]1CCC2=C(C(=S=O)c3ccccc3)C(=O)CC[C@@]21C. The molecule has 134 valence electrons. The van der Waals surface area contributed by atoms with Gasteiger partial charge in [-0.25, -0.2) is 4.21 Å². The third kappa shape index (κ3) is 3.42. The van der Waals surface area contributed by atoms with Crippen LogP contribution >= 0.6 is 0 Å². The van der Waals surface area contributed by atoms with Crippen LogP contribution in [0.2, 0.25) is 0 Å². The van der Waals surface area contributed by atoms with E-state index < -0.39 is 0 Å². The lowest BCUT2D eigenvalue weighted by Gasteiger charge is -2.40. The number of fused-ring (bicyclic) bond motifs is 1. The Morgan fingerprint density at radius 2 is 1.88 bits per heavy atom. The standard InChI is InChI=1S/C21H26O3S/c1-20(2,3)24-17-11-10-15-18(16(22)12-13-21(15,17)4)19(25-23)14-8-6-5-7-9-14/h5-9,17H,10-13H2,1-4H3/t17-,21-/m0/s1. The van der Waals surface area contributed by atoms with Gasteiger partial charge in [0.1, 0.15) is 0 Å². The molecule has 3 nitrogen and oxygen atoms in total. The maximum Gasteiger partial charge on any atom is 0.164 e. The van der Waals surface area contributed by atoms with Gasteiger partial charge in [-0.05, 0) is 51.2 Å². The molecule has 0 radical (unpaired) electrons. The zero-order chi connectivity index (χ0) is 18.2. The number of hydrogen-bond donors (Lipinski definition) is 0. The van der Waals surface area contributed by atoms with Gasteiger partial charge in [-0.1, -0.05) is 37.3 Å². The van der Waals surface area contributed by atoms with E-state index in [0.29, 0.717) is 28.1 Å². The molecule has 0 N–H and O–H groups in total. The van der Waals surface area contributed by atoms with Crippen molar-refractivity contribution in [1.82, 2.24) is 0 Å². The van der Waals surface area contributed by atoms with Crippen LogP contribution in [0.25, 0.3) is 0 Å². The predicted molar refractivity (Wildman–Crippen MR) is 102 cm³/mol. The molecule has 0 heterocycles. The zero-order valence-corrected chi connectivity index (χ0v) is 16.2. The first-order valence-corrected chi connectivity index (χ1v) is 9.67. The van der Waals surface area contributed by atoms with Gasteiger partial charge in [-0.2, -0.15) is 0 Å². The van der Waals surface area contributed by atoms with Gasteiger partial charge in [-0.15, -0.1) is 0 Å². The first-order valence-electron chi connectivity index (χ1n) is 8.93. The van der Waals surface area contributed by atoms with Crippen molar-refractivity contribution in [2.45, 2.75) is 65.1 Å². The number of hydrogen-bond acceptors (Lipinski definition) is 3. The quantitative estimate of drug-likeness (QED) is 0.604. The number of benzene rings is 1. The van der Waals surface area contributed by atoms with Crippen molar-refractivity contribution < 1.29 is 13.7 Å². The summed E-state index contributed by atoms with van der Waals surface area (Å²) in [7, 11) is 0. The van der Waals surface area contributed by atoms with Gasteiger partial charge in [0, 0.05) is 17.4 Å². The van der Waals surface area contributed by atoms with Crippen LogP contribution in [0.5, 0.6) is 0 Å². The number of allylic oxidation sites excluding steroid dienone is 1. The Hall–Kier alpha value is -1.52. The van der Waals surface area contributed by atoms with Crippen molar-refractivity contribution in [2.24, 2.45) is 5.41 Å². The molecular weight excluding hydrogens is 332 g/mol. The Morgan fingerprint density at radius 1 is 1.20 bits per heavy atom. The van der Waals surface area contributed by atoms with Crippen LogP contribution in [0.3, 0.4) is 0 Å². The van der Waals surface area contributed by atoms with Gasteiger partial charge in [0.2, 0.25) is 0 Å². The number of ketones is 1. The second kappa shape index (κ2) is 6.65. The summed E-state index contributed by atoms with van der Waals surface area (Å²) in [4.78, 5) is 13.3. The van der Waals surface area contributed by atoms with E-state index in [2.05, 4.69) is 27.7 Å². The predicted octanol–water partition coefficient (Wildman–Crippen LogP) is 4.06. The molecule has 25 heavy (non-hydrogen) atoms. The molecule has 2 atom stereocenters. The first kappa shape index (κ1) is 18.3. The lowest BCUT2D eigenvalue weighted by atomic mass is 9.70. The number of Topliss-reactive ketones (excluding diaryl/α,β-unsaturated/α-hetero) is 1. The molecule has 4 heteroatoms. The minimum atomic E-state index is -0.218. The third-order valence-electron chi connectivity index (χ3n) is 5.35. The fraction of sp³-hybridized carbons (Fsp3) is 0.524. The Morgan fingerprint density at radius 3 is 2.48 bits per heavy atom. The summed E-state index contributed by atoms with van der Waals surface area (Å²) in [6.07, 6.45) is 3.12. The molecule has 0 aliphatic heterocycles. The smallest absolute Gasteiger partial charge is 0.164 e. The molecular formula is C21H26O3S. The van der Waals surface area contributed by atoms with Crippen molar-refractivity contribution in [3.8, 4) is 0 Å². The van der Waals surface area contributed by atoms with Crippen LogP contribution in [-0.4, -0.2) is 26.6 Å². The summed E-state index contributed by atoms with van der Waals surface area (Å²) in [5, 5.41) is 0. The average molecular weight is 359 g/mol. The van der Waals surface area contributed by atoms with E-state index >= 15 is 0 Å². The van der Waals surface area contributed by atoms with Crippen LogP contribution in [0.4, 0.5) is 0 Å². The highest BCUT2D eigenvalue weighted by molar-refractivity contribution is 7.67. The van der Waals surface area contributed by atoms with Crippen LogP contribution in [0, 0.1) is 5.41 Å². The highest BCUT2D eigenvalue weighted by Crippen LogP contribution is 2.53. The van der Waals surface area contributed by atoms with Gasteiger partial charge < -0.3 is 4.74 Å². The highest BCUT2D eigenvalue weighted by atomic mass is 32.1. The molecule has 0 spiro atoms. The summed E-state index contributed by atoms with van der Waals surface area (Å²) >= 11 is 0.442. The van der Waals surface area contributed by atoms with Crippen LogP contribution in [-0.2, 0) is 20.8 Å². The molecule has 2 aliphatic rings. The number of rotatable bonds is 3. The molecule has 0 saturated heterocycles. The average Bonchev–Trinajstić information content (AvgIpc) is 2.87. The largest absolute Gasteiger partial charge is 0.372 e. The van der Waals surface area contributed by atoms with Crippen molar-refractivity contribution in [3.05, 3.63) is 47.0 Å². The minimum Gasteiger partial charge on any atom is -0.372 e. The van der Waals surface area contributed by atoms with Crippen LogP contribution in [0.1, 0.15) is 58.9 Å². The van der Waals surface area contributed by atoms with Gasteiger partial charge in [0.05, 0.1) is 27.8 Å². The molecule has 1 saturated carbocycles. The lowest BCUT2D eigenvalue weighted by Crippen LogP contribution is -2.40. The fourth-order valence-electron chi connectivity index (χ4n) is 4.17. The minimum absolute atomic E-state index is 0.0966. The summed E-state index contributed by atoms with van der Waals surface area (Å²) in [5.41, 5.74) is 2.25. The summed E-state index contributed by atoms with van der Waals surface area (Å²) in [6, 6.07) is 9.55. The van der Waals surface area contributed by atoms with E-state index in [0.717, 1.165) is 30.4 Å². The topological polar surface area (TPSA) is 43.4 Å². The van der Waals surface area contributed by atoms with Crippen molar-refractivity contribution in [1.29, 1.82) is 0 Å². The number of carbonyl (C=O) groups excluding carboxylic acids is 1. The van der Waals surface area contributed by atoms with Crippen molar-refractivity contribution in [3.63, 3.8) is 0 Å². The Labute approximate surface area is 153 Å². The van der Waals surface area contributed by atoms with Gasteiger partial charge in [0.25, 0.3) is 0 Å². The molecule has 0 aromatic heterocycles. The van der Waals surface area contributed by atoms with Crippen LogP contribution < -0.4 is 0 Å². The van der Waals surface area contributed by atoms with Crippen molar-refractivity contribution >= 4 is 21.9 Å². The Kier molecular flexibility index (Phi) is 4.86. The van der Waals surface area contributed by atoms with E-state index in [1.165, 1.54) is 0 Å². The van der Waals surface area contributed by atoms with Gasteiger partial charge >= 0.3 is 0 Å². The van der Waals surface area contributed by atoms with E-state index in [1.54, 1.807) is 0 Å². The monoisotopic (exact) mass is 358 g/mol. The van der Waals surface area contributed by atoms with E-state index in [-0.39, 0.29) is 22.9 Å². The second-order valence-corrected chi connectivity index (χ2v) is 8.81. The molecule has 1 aromatic carbocycles. The Bertz CT molecular complexity index is 766. The molecule has 0 bridgehead atoms. The summed E-state index contributed by atoms with van der Waals surface area (Å²) in [5.74, 6) is 0.103. The van der Waals surface area contributed by atoms with Crippen LogP contribution in [0.15, 0.2) is 41.5 Å². The Balaban J connectivity index is 2.09. The zero-order valence-electron chi connectivity index (χ0n) is 15.4. The molecule has 1 aromatic rings. The molecule has 2 aliphatic carbocycles. The van der Waals surface area contributed by atoms with Gasteiger partial charge in [-0.3, -0.25) is 4.79 Å². The molecule has 3 rings (SSSR count). The molecule has 0 amide bonds. The van der Waals surface area contributed by atoms with Gasteiger partial charge in [0.15, 0.2) is 5.78 Å². The number of carbonyl (C=O) groups is 1. The fourth-order valence-corrected chi connectivity index (χ4v) is 4.72. The molecule has 1 fully saturated rings. The highest BCUT2D eigenvalue weighted by Gasteiger charge is 2.49. The maximum atomic E-state index is 12.8. The van der Waals surface area contributed by atoms with E-state index in [4.69, 9.17) is 4.74 Å². The third-order valence-corrected chi connectivity index (χ3v) is 5.96. The first-order chi connectivity index (χ1) is 11.8.